The van der Waals surface area contributed by atoms with Gasteiger partial charge in [0, 0.05) is 6.20 Å². The van der Waals surface area contributed by atoms with E-state index >= 15 is 0 Å². The molecule has 43 heavy (non-hydrogen) atoms. The molecule has 0 saturated carbocycles. The molecular weight excluding hydrogens is 626 g/mol. The third-order valence-corrected chi connectivity index (χ3v) is 8.75. The molecule has 3 aromatic rings. The van der Waals surface area contributed by atoms with Gasteiger partial charge >= 0.3 is 21.3 Å². The monoisotopic (exact) mass is 650 g/mol. The first-order valence-corrected chi connectivity index (χ1v) is 15.3. The van der Waals surface area contributed by atoms with Crippen LogP contribution in [0.1, 0.15) is 12.5 Å². The Morgan fingerprint density at radius 1 is 0.907 bits per heavy atom. The number of aliphatic hydroxyl groups is 2. The van der Waals surface area contributed by atoms with Crippen LogP contribution in [0.25, 0.3) is 11.2 Å². The minimum absolute atomic E-state index is 0.118. The second kappa shape index (κ2) is 10.8. The van der Waals surface area contributed by atoms with Gasteiger partial charge in [-0.15, -0.1) is 0 Å². The molecule has 0 radical (unpaired) electrons. The Kier molecular flexibility index (Phi) is 7.52. The molecule has 22 nitrogen and oxygen atoms in total. The number of nitrogens with one attached hydrogen (secondary N) is 1. The summed E-state index contributed by atoms with van der Waals surface area (Å²) in [5.74, 6) is -0.405. The Morgan fingerprint density at radius 2 is 1.47 bits per heavy atom. The Bertz CT molecular complexity index is 1760. The summed E-state index contributed by atoms with van der Waals surface area (Å²) in [6.07, 6.45) is -10.9. The van der Waals surface area contributed by atoms with Gasteiger partial charge in [-0.25, -0.2) is 18.9 Å². The van der Waals surface area contributed by atoms with Gasteiger partial charge in [0.1, 0.15) is 42.4 Å². The van der Waals surface area contributed by atoms with E-state index in [4.69, 9.17) is 39.0 Å². The number of anilines is 2. The van der Waals surface area contributed by atoms with Gasteiger partial charge in [-0.1, -0.05) is 0 Å². The highest BCUT2D eigenvalue weighted by Crippen LogP contribution is 2.53. The molecular formula is C19H24N8O14P2. The van der Waals surface area contributed by atoms with Gasteiger partial charge in [0.25, 0.3) is 5.56 Å². The zero-order chi connectivity index (χ0) is 30.8. The molecule has 0 amide bonds. The molecule has 6 rings (SSSR count). The summed E-state index contributed by atoms with van der Waals surface area (Å²) in [7, 11) is -10.2. The van der Waals surface area contributed by atoms with Crippen molar-refractivity contribution in [2.45, 2.75) is 49.1 Å². The lowest BCUT2D eigenvalue weighted by Crippen LogP contribution is -2.39. The topological polar surface area (TPSA) is 321 Å². The number of aromatic nitrogens is 6. The number of ether oxygens (including phenoxy) is 2. The van der Waals surface area contributed by atoms with E-state index in [1.54, 1.807) is 0 Å². The lowest BCUT2D eigenvalue weighted by atomic mass is 10.1. The highest BCUT2D eigenvalue weighted by atomic mass is 31.2. The number of rotatable bonds is 2. The highest BCUT2D eigenvalue weighted by molar-refractivity contribution is 7.47. The number of aromatic amines is 1. The van der Waals surface area contributed by atoms with Crippen molar-refractivity contribution in [1.82, 2.24) is 29.1 Å². The van der Waals surface area contributed by atoms with E-state index in [2.05, 4.69) is 19.9 Å². The SMILES string of the molecule is Nc1ccn([C@@H]2O[C@@H]3COP(=O)(O)O[C@@H]4C(O)[C@H](n5cnc6c(=O)[nH]c(N)nc65)O[C@@H]4COP(=O)(O)OC3[C@@H]2O)c(=O)n1. The van der Waals surface area contributed by atoms with Crippen molar-refractivity contribution in [3.63, 3.8) is 0 Å². The van der Waals surface area contributed by atoms with Crippen molar-refractivity contribution in [3.8, 4) is 0 Å². The number of hydrogen-bond donors (Lipinski definition) is 7. The minimum Gasteiger partial charge on any atom is -0.386 e. The van der Waals surface area contributed by atoms with Gasteiger partial charge in [0.15, 0.2) is 23.6 Å². The smallest absolute Gasteiger partial charge is 0.386 e. The second-order valence-corrected chi connectivity index (χ2v) is 12.4. The van der Waals surface area contributed by atoms with Gasteiger partial charge in [-0.05, 0) is 6.07 Å². The zero-order valence-electron chi connectivity index (χ0n) is 21.4. The van der Waals surface area contributed by atoms with E-state index in [9.17, 15) is 38.7 Å². The number of nitrogens with two attached hydrogens (primary N) is 2. The predicted molar refractivity (Wildman–Crippen MR) is 137 cm³/mol. The molecule has 9 N–H and O–H groups in total. The standard InChI is InChI=1S/C19H24N8O14P2/c20-8-1-2-26(19(31)23-8)16-10(28)12-6(38-16)3-36-43(34,35)41-13-7(4-37-42(32,33)40-12)39-17(11(13)29)27-5-22-9-14(27)24-18(21)25-15(9)30/h1-2,5-7,10-13,16-17,28-29H,3-4H2,(H,32,33)(H,34,35)(H2,20,23,31)(H3,21,24,25,30)/t6-,7-,10+,11?,12?,13+,16-,17-/m1/s1. The Hall–Kier alpha value is -3.11. The zero-order valence-corrected chi connectivity index (χ0v) is 23.2. The van der Waals surface area contributed by atoms with Crippen molar-refractivity contribution in [3.05, 3.63) is 39.4 Å². The van der Waals surface area contributed by atoms with E-state index in [0.717, 1.165) is 21.7 Å². The third kappa shape index (κ3) is 5.64. The molecule has 0 aromatic carbocycles. The van der Waals surface area contributed by atoms with Crippen LogP contribution >= 0.6 is 15.6 Å². The molecule has 3 fully saturated rings. The first kappa shape index (κ1) is 29.9. The summed E-state index contributed by atoms with van der Waals surface area (Å²) in [4.78, 5) is 59.1. The molecule has 6 heterocycles. The molecule has 4 unspecified atom stereocenters. The Morgan fingerprint density at radius 3 is 2.02 bits per heavy atom. The normalized spacial score (nSPS) is 38.7. The van der Waals surface area contributed by atoms with E-state index in [1.165, 1.54) is 6.07 Å². The molecule has 3 aliphatic rings. The minimum atomic E-state index is -5.08. The number of aliphatic hydroxyl groups excluding tert-OH is 2. The number of phosphoric ester groups is 2. The quantitative estimate of drug-likeness (QED) is 0.137. The molecule has 3 aromatic heterocycles. The maximum absolute atomic E-state index is 13.0. The van der Waals surface area contributed by atoms with Crippen LogP contribution in [0.4, 0.5) is 11.8 Å². The lowest BCUT2D eigenvalue weighted by Gasteiger charge is -2.27. The van der Waals surface area contributed by atoms with Crippen LogP contribution in [0.15, 0.2) is 28.2 Å². The molecule has 3 saturated heterocycles. The summed E-state index contributed by atoms with van der Waals surface area (Å²) < 4.78 is 59.6. The van der Waals surface area contributed by atoms with Gasteiger partial charge < -0.3 is 40.9 Å². The number of nitrogen functional groups attached to an aromatic ring is 2. The number of phosphoric acid groups is 2. The summed E-state index contributed by atoms with van der Waals surface area (Å²) in [5, 5.41) is 21.9. The first-order chi connectivity index (χ1) is 20.2. The Labute approximate surface area is 237 Å². The predicted octanol–water partition coefficient (Wildman–Crippen LogP) is -2.92. The van der Waals surface area contributed by atoms with Crippen LogP contribution in [0.2, 0.25) is 0 Å². The summed E-state index contributed by atoms with van der Waals surface area (Å²) in [5.41, 5.74) is 9.17. The van der Waals surface area contributed by atoms with E-state index in [-0.39, 0.29) is 22.9 Å². The van der Waals surface area contributed by atoms with E-state index < -0.39 is 89.2 Å². The summed E-state index contributed by atoms with van der Waals surface area (Å²) >= 11 is 0. The van der Waals surface area contributed by atoms with Gasteiger partial charge in [0.2, 0.25) is 5.95 Å². The fraction of sp³-hybridized carbons (Fsp3) is 0.526. The molecule has 0 aliphatic carbocycles. The van der Waals surface area contributed by atoms with Crippen molar-refractivity contribution in [1.29, 1.82) is 0 Å². The number of nitrogens with zero attached hydrogens (tertiary/aromatic N) is 5. The van der Waals surface area contributed by atoms with Crippen LogP contribution in [0, 0.1) is 0 Å². The molecule has 234 valence electrons. The van der Waals surface area contributed by atoms with Gasteiger partial charge in [-0.3, -0.25) is 37.0 Å². The number of hydrogen-bond acceptors (Lipinski definition) is 17. The average Bonchev–Trinajstić information content (AvgIpc) is 3.56. The lowest BCUT2D eigenvalue weighted by molar-refractivity contribution is -0.0675. The molecule has 0 spiro atoms. The van der Waals surface area contributed by atoms with Crippen LogP contribution in [0.5, 0.6) is 0 Å². The van der Waals surface area contributed by atoms with E-state index in [0.29, 0.717) is 0 Å². The summed E-state index contributed by atoms with van der Waals surface area (Å²) in [6.45, 7) is -1.74. The number of fused-ring (bicyclic) bond motifs is 3. The third-order valence-electron chi connectivity index (χ3n) is 6.78. The second-order valence-electron chi connectivity index (χ2n) is 9.60. The van der Waals surface area contributed by atoms with Crippen LogP contribution in [-0.2, 0) is 36.7 Å². The van der Waals surface area contributed by atoms with E-state index in [1.807, 2.05) is 0 Å². The molecule has 0 bridgehead atoms. The van der Waals surface area contributed by atoms with Crippen molar-refractivity contribution < 1.29 is 56.7 Å². The number of H-pyrrole nitrogens is 1. The van der Waals surface area contributed by atoms with Crippen molar-refractivity contribution in [2.75, 3.05) is 24.7 Å². The fourth-order valence-electron chi connectivity index (χ4n) is 4.88. The molecule has 24 heteroatoms. The maximum Gasteiger partial charge on any atom is 0.472 e. The maximum atomic E-state index is 13.0. The summed E-state index contributed by atoms with van der Waals surface area (Å²) in [6, 6.07) is 1.22. The first-order valence-electron chi connectivity index (χ1n) is 12.3. The molecule has 10 atom stereocenters. The molecule has 3 aliphatic heterocycles. The van der Waals surface area contributed by atoms with Crippen molar-refractivity contribution in [2.24, 2.45) is 0 Å². The van der Waals surface area contributed by atoms with Crippen molar-refractivity contribution >= 4 is 38.6 Å². The van der Waals surface area contributed by atoms with Gasteiger partial charge in [-0.2, -0.15) is 9.97 Å². The largest absolute Gasteiger partial charge is 0.472 e. The Balaban J connectivity index is 1.28. The highest BCUT2D eigenvalue weighted by Gasteiger charge is 2.54. The number of imidazole rings is 1. The van der Waals surface area contributed by atoms with Gasteiger partial charge in [0.05, 0.1) is 19.5 Å². The average molecular weight is 650 g/mol. The fourth-order valence-corrected chi connectivity index (χ4v) is 6.81. The van der Waals surface area contributed by atoms with Crippen LogP contribution in [-0.4, -0.2) is 98.9 Å². The van der Waals surface area contributed by atoms with Crippen LogP contribution < -0.4 is 22.7 Å². The van der Waals surface area contributed by atoms with Crippen LogP contribution in [0.3, 0.4) is 0 Å².